The number of hydrogen-bond donors (Lipinski definition) is 3. The molecule has 0 aliphatic carbocycles. The zero-order valence-corrected chi connectivity index (χ0v) is 10.3. The summed E-state index contributed by atoms with van der Waals surface area (Å²) < 4.78 is 1.68. The summed E-state index contributed by atoms with van der Waals surface area (Å²) in [5.74, 6) is -1.01. The van der Waals surface area contributed by atoms with Gasteiger partial charge < -0.3 is 15.7 Å². The first-order valence-corrected chi connectivity index (χ1v) is 5.88. The molecule has 0 saturated carbocycles. The smallest absolute Gasteiger partial charge is 0.326 e. The topological polar surface area (TPSA) is 96.3 Å². The molecule has 7 nitrogen and oxygen atoms in total. The molecule has 3 N–H and O–H groups in total. The molecule has 1 heterocycles. The lowest BCUT2D eigenvalue weighted by atomic mass is 10.2. The molecule has 0 saturated heterocycles. The van der Waals surface area contributed by atoms with Crippen LogP contribution in [0.25, 0.3) is 0 Å². The van der Waals surface area contributed by atoms with Crippen molar-refractivity contribution in [1.82, 2.24) is 20.4 Å². The molecule has 18 heavy (non-hydrogen) atoms. The highest BCUT2D eigenvalue weighted by Crippen LogP contribution is 1.96. The van der Waals surface area contributed by atoms with Crippen LogP contribution in [0.2, 0.25) is 0 Å². The molecule has 2 amide bonds. The van der Waals surface area contributed by atoms with Gasteiger partial charge in [0.25, 0.3) is 0 Å². The second-order valence-corrected chi connectivity index (χ2v) is 3.85. The number of carbonyl (C=O) groups excluding carboxylic acids is 1. The number of carboxylic acids is 1. The summed E-state index contributed by atoms with van der Waals surface area (Å²) in [4.78, 5) is 22.3. The van der Waals surface area contributed by atoms with E-state index < -0.39 is 18.0 Å². The maximum atomic E-state index is 11.4. The molecular formula is C11H18N4O3. The van der Waals surface area contributed by atoms with Crippen LogP contribution in [-0.4, -0.2) is 39.5 Å². The maximum absolute atomic E-state index is 11.4. The van der Waals surface area contributed by atoms with Crippen LogP contribution >= 0.6 is 0 Å². The summed E-state index contributed by atoms with van der Waals surface area (Å²) >= 11 is 0. The Balaban J connectivity index is 2.25. The Kier molecular flexibility index (Phi) is 5.69. The van der Waals surface area contributed by atoms with Crippen molar-refractivity contribution < 1.29 is 14.7 Å². The van der Waals surface area contributed by atoms with E-state index in [0.29, 0.717) is 25.9 Å². The van der Waals surface area contributed by atoms with Gasteiger partial charge in [0.05, 0.1) is 6.54 Å². The van der Waals surface area contributed by atoms with Crippen LogP contribution in [0.15, 0.2) is 18.5 Å². The Hall–Kier alpha value is -2.05. The fourth-order valence-electron chi connectivity index (χ4n) is 1.47. The van der Waals surface area contributed by atoms with Gasteiger partial charge in [0, 0.05) is 18.9 Å². The molecule has 0 fully saturated rings. The number of urea groups is 1. The maximum Gasteiger partial charge on any atom is 0.326 e. The average molecular weight is 254 g/mol. The van der Waals surface area contributed by atoms with Crippen LogP contribution in [0.1, 0.15) is 19.8 Å². The Morgan fingerprint density at radius 1 is 1.50 bits per heavy atom. The van der Waals surface area contributed by atoms with Gasteiger partial charge in [0.2, 0.25) is 0 Å². The number of aromatic nitrogens is 2. The largest absolute Gasteiger partial charge is 0.480 e. The SMILES string of the molecule is CCCC(NC(=O)NCCn1cccn1)C(=O)O. The molecule has 0 aromatic carbocycles. The van der Waals surface area contributed by atoms with Crippen molar-refractivity contribution in [2.75, 3.05) is 6.54 Å². The van der Waals surface area contributed by atoms with Crippen molar-refractivity contribution in [3.05, 3.63) is 18.5 Å². The lowest BCUT2D eigenvalue weighted by Gasteiger charge is -2.14. The van der Waals surface area contributed by atoms with Crippen molar-refractivity contribution in [3.8, 4) is 0 Å². The third-order valence-corrected chi connectivity index (χ3v) is 2.37. The van der Waals surface area contributed by atoms with E-state index in [1.807, 2.05) is 6.92 Å². The summed E-state index contributed by atoms with van der Waals surface area (Å²) in [6.45, 7) is 2.81. The molecular weight excluding hydrogens is 236 g/mol. The summed E-state index contributed by atoms with van der Waals surface area (Å²) in [5, 5.41) is 17.9. The predicted octanol–water partition coefficient (Wildman–Crippen LogP) is 0.436. The summed E-state index contributed by atoms with van der Waals surface area (Å²) in [6.07, 6.45) is 4.56. The Morgan fingerprint density at radius 2 is 2.28 bits per heavy atom. The number of amides is 2. The molecule has 0 spiro atoms. The molecule has 1 rings (SSSR count). The van der Waals surface area contributed by atoms with E-state index >= 15 is 0 Å². The number of aliphatic carboxylic acids is 1. The first kappa shape index (κ1) is 14.0. The minimum Gasteiger partial charge on any atom is -0.480 e. The van der Waals surface area contributed by atoms with Gasteiger partial charge in [-0.15, -0.1) is 0 Å². The predicted molar refractivity (Wildman–Crippen MR) is 65.1 cm³/mol. The normalized spacial score (nSPS) is 11.8. The van der Waals surface area contributed by atoms with E-state index in [4.69, 9.17) is 5.11 Å². The molecule has 1 aromatic rings. The van der Waals surface area contributed by atoms with Crippen LogP contribution in [0.5, 0.6) is 0 Å². The molecule has 1 aromatic heterocycles. The highest BCUT2D eigenvalue weighted by atomic mass is 16.4. The summed E-state index contributed by atoms with van der Waals surface area (Å²) in [5.41, 5.74) is 0. The molecule has 1 atom stereocenters. The van der Waals surface area contributed by atoms with Gasteiger partial charge in [-0.3, -0.25) is 4.68 Å². The molecule has 0 aliphatic rings. The van der Waals surface area contributed by atoms with E-state index in [2.05, 4.69) is 15.7 Å². The third-order valence-electron chi connectivity index (χ3n) is 2.37. The van der Waals surface area contributed by atoms with Crippen molar-refractivity contribution in [3.63, 3.8) is 0 Å². The number of nitrogens with zero attached hydrogens (tertiary/aromatic N) is 2. The second-order valence-electron chi connectivity index (χ2n) is 3.85. The lowest BCUT2D eigenvalue weighted by molar-refractivity contribution is -0.139. The highest BCUT2D eigenvalue weighted by Gasteiger charge is 2.18. The summed E-state index contributed by atoms with van der Waals surface area (Å²) in [7, 11) is 0. The van der Waals surface area contributed by atoms with Crippen molar-refractivity contribution in [2.45, 2.75) is 32.4 Å². The molecule has 7 heteroatoms. The van der Waals surface area contributed by atoms with Gasteiger partial charge in [-0.05, 0) is 12.5 Å². The fraction of sp³-hybridized carbons (Fsp3) is 0.545. The van der Waals surface area contributed by atoms with Crippen LogP contribution in [0.3, 0.4) is 0 Å². The molecule has 1 unspecified atom stereocenters. The number of nitrogens with one attached hydrogen (secondary N) is 2. The van der Waals surface area contributed by atoms with Crippen LogP contribution in [-0.2, 0) is 11.3 Å². The monoisotopic (exact) mass is 254 g/mol. The zero-order valence-electron chi connectivity index (χ0n) is 10.3. The van der Waals surface area contributed by atoms with Gasteiger partial charge in [0.15, 0.2) is 0 Å². The van der Waals surface area contributed by atoms with Gasteiger partial charge in [-0.2, -0.15) is 5.10 Å². The minimum atomic E-state index is -1.01. The van der Waals surface area contributed by atoms with E-state index in [1.165, 1.54) is 0 Å². The van der Waals surface area contributed by atoms with E-state index in [0.717, 1.165) is 0 Å². The van der Waals surface area contributed by atoms with Gasteiger partial charge in [0.1, 0.15) is 6.04 Å². The molecule has 100 valence electrons. The van der Waals surface area contributed by atoms with Crippen LogP contribution < -0.4 is 10.6 Å². The first-order chi connectivity index (χ1) is 8.63. The van der Waals surface area contributed by atoms with E-state index in [9.17, 15) is 9.59 Å². The Bertz CT molecular complexity index is 378. The lowest BCUT2D eigenvalue weighted by Crippen LogP contribution is -2.46. The van der Waals surface area contributed by atoms with Gasteiger partial charge >= 0.3 is 12.0 Å². The molecule has 0 radical (unpaired) electrons. The Labute approximate surface area is 105 Å². The number of hydrogen-bond acceptors (Lipinski definition) is 3. The van der Waals surface area contributed by atoms with Crippen LogP contribution in [0.4, 0.5) is 4.79 Å². The van der Waals surface area contributed by atoms with Crippen molar-refractivity contribution in [2.24, 2.45) is 0 Å². The molecule has 0 bridgehead atoms. The first-order valence-electron chi connectivity index (χ1n) is 5.88. The fourth-order valence-corrected chi connectivity index (χ4v) is 1.47. The van der Waals surface area contributed by atoms with Crippen molar-refractivity contribution in [1.29, 1.82) is 0 Å². The Morgan fingerprint density at radius 3 is 2.83 bits per heavy atom. The zero-order chi connectivity index (χ0) is 13.4. The van der Waals surface area contributed by atoms with Crippen LogP contribution in [0, 0.1) is 0 Å². The second kappa shape index (κ2) is 7.31. The number of rotatable bonds is 7. The van der Waals surface area contributed by atoms with Gasteiger partial charge in [-0.25, -0.2) is 9.59 Å². The minimum absolute atomic E-state index is 0.395. The highest BCUT2D eigenvalue weighted by molar-refractivity contribution is 5.82. The average Bonchev–Trinajstić information content (AvgIpc) is 2.81. The molecule has 0 aliphatic heterocycles. The van der Waals surface area contributed by atoms with E-state index in [1.54, 1.807) is 23.1 Å². The quantitative estimate of drug-likeness (QED) is 0.657. The van der Waals surface area contributed by atoms with Crippen molar-refractivity contribution >= 4 is 12.0 Å². The third kappa shape index (κ3) is 4.86. The number of carboxylic acid groups (broad SMARTS) is 1. The van der Waals surface area contributed by atoms with Gasteiger partial charge in [-0.1, -0.05) is 13.3 Å². The summed E-state index contributed by atoms with van der Waals surface area (Å²) in [6, 6.07) is 0.490. The van der Waals surface area contributed by atoms with E-state index in [-0.39, 0.29) is 0 Å². The standard InChI is InChI=1S/C11H18N4O3/c1-2-4-9(10(16)17)14-11(18)12-6-8-15-7-3-5-13-15/h3,5,7,9H,2,4,6,8H2,1H3,(H,16,17)(H2,12,14,18). The number of carbonyl (C=O) groups is 2.